The third kappa shape index (κ3) is 17.7. The van der Waals surface area contributed by atoms with Crippen LogP contribution in [0.5, 0.6) is 0 Å². The van der Waals surface area contributed by atoms with Crippen LogP contribution in [-0.2, 0) is 9.59 Å². The zero-order chi connectivity index (χ0) is 5.15. The summed E-state index contributed by atoms with van der Waals surface area (Å²) in [5.74, 6) is -4.01. The van der Waals surface area contributed by atoms with Crippen LogP contribution in [0.4, 0.5) is 0 Å². The molecule has 7 heteroatoms. The van der Waals surface area contributed by atoms with Crippen molar-refractivity contribution in [2.45, 2.75) is 0 Å². The minimum atomic E-state index is -2.07. The standard InChI is InChI=1S/C2H2O4.FH.K.Na/c3-1(4)2(5)6;;;/h(H,3,4)(H,5,6);1H;;/q;;2*+1/p-2. The molecule has 42 valence electrons. The quantitative estimate of drug-likeness (QED) is 0.289. The van der Waals surface area contributed by atoms with E-state index < -0.39 is 11.9 Å². The zero-order valence-electron chi connectivity index (χ0n) is 5.05. The third-order valence-electron chi connectivity index (χ3n) is 0.175. The molecule has 0 fully saturated rings. The van der Waals surface area contributed by atoms with Gasteiger partial charge in [0, 0.05) is 0 Å². The van der Waals surface area contributed by atoms with Crippen LogP contribution in [-0.4, -0.2) is 17.0 Å². The summed E-state index contributed by atoms with van der Waals surface area (Å²) in [5.41, 5.74) is 0. The fourth-order valence-electron chi connectivity index (χ4n) is 0. The molecule has 0 bridgehead atoms. The first-order chi connectivity index (χ1) is 2.64. The number of aliphatic carboxylic acids is 2. The Morgan fingerprint density at radius 1 is 1.33 bits per heavy atom. The van der Waals surface area contributed by atoms with Gasteiger partial charge < -0.3 is 19.7 Å². The zero-order valence-corrected chi connectivity index (χ0v) is 10.2. The molecule has 0 aromatic rings. The number of carbonyl (C=O) groups excluding carboxylic acids is 1. The van der Waals surface area contributed by atoms with Gasteiger partial charge >= 0.3 is 86.9 Å². The molecular formula is C2HFKNaO4. The number of halogens is 1. The van der Waals surface area contributed by atoms with E-state index in [1.54, 1.807) is 0 Å². The minimum absolute atomic E-state index is 0. The van der Waals surface area contributed by atoms with Gasteiger partial charge in [0.15, 0.2) is 5.97 Å². The van der Waals surface area contributed by atoms with Crippen LogP contribution >= 0.6 is 0 Å². The van der Waals surface area contributed by atoms with E-state index in [2.05, 4.69) is 0 Å². The maximum Gasteiger partial charge on any atom is 1.00 e. The molecule has 9 heavy (non-hydrogen) atoms. The van der Waals surface area contributed by atoms with Crippen LogP contribution in [0.3, 0.4) is 0 Å². The molecule has 0 radical (unpaired) electrons. The van der Waals surface area contributed by atoms with Gasteiger partial charge in [0.25, 0.3) is 0 Å². The SMILES string of the molecule is O=C([O-])C(=O)O.[F-].[K+].[Na+]. The van der Waals surface area contributed by atoms with Crippen molar-refractivity contribution in [2.75, 3.05) is 0 Å². The maximum atomic E-state index is 9.04. The second-order valence-electron chi connectivity index (χ2n) is 0.593. The van der Waals surface area contributed by atoms with Crippen molar-refractivity contribution in [3.05, 3.63) is 0 Å². The molecule has 0 amide bonds. The Kier molecular flexibility index (Phi) is 30.4. The smallest absolute Gasteiger partial charge is 1.00 e. The van der Waals surface area contributed by atoms with Gasteiger partial charge in [-0.2, -0.15) is 0 Å². The Hall–Kier alpha value is 1.51. The van der Waals surface area contributed by atoms with Gasteiger partial charge in [-0.1, -0.05) is 0 Å². The van der Waals surface area contributed by atoms with Crippen LogP contribution < -0.4 is 90.8 Å². The van der Waals surface area contributed by atoms with Gasteiger partial charge in [0.2, 0.25) is 0 Å². The molecule has 0 saturated carbocycles. The molecule has 0 unspecified atom stereocenters. The molecule has 0 heterocycles. The first kappa shape index (κ1) is 22.4. The Morgan fingerprint density at radius 3 is 1.44 bits per heavy atom. The van der Waals surface area contributed by atoms with Gasteiger partial charge in [-0.25, -0.2) is 4.79 Å². The second kappa shape index (κ2) is 12.2. The number of carboxylic acids is 2. The van der Waals surface area contributed by atoms with Gasteiger partial charge in [-0.15, -0.1) is 0 Å². The summed E-state index contributed by atoms with van der Waals surface area (Å²) in [7, 11) is 0. The van der Waals surface area contributed by atoms with E-state index in [-0.39, 0.29) is 85.6 Å². The molecule has 0 aliphatic carbocycles. The Morgan fingerprint density at radius 2 is 1.44 bits per heavy atom. The second-order valence-corrected chi connectivity index (χ2v) is 0.593. The topological polar surface area (TPSA) is 77.4 Å². The van der Waals surface area contributed by atoms with Crippen molar-refractivity contribution in [3.63, 3.8) is 0 Å². The van der Waals surface area contributed by atoms with Gasteiger partial charge in [0.1, 0.15) is 0 Å². The Balaban J connectivity index is -0.0000000417. The average Bonchev–Trinajstić information content (AvgIpc) is 1.36. The van der Waals surface area contributed by atoms with Crippen LogP contribution in [0.1, 0.15) is 0 Å². The largest absolute Gasteiger partial charge is 1.00 e. The van der Waals surface area contributed by atoms with E-state index in [9.17, 15) is 0 Å². The summed E-state index contributed by atoms with van der Waals surface area (Å²) in [5, 5.41) is 16.3. The molecule has 0 saturated heterocycles. The Labute approximate surface area is 115 Å². The average molecular weight is 170 g/mol. The predicted octanol–water partition coefficient (Wildman–Crippen LogP) is -11.2. The Bertz CT molecular complexity index is 84.6. The number of hydrogen-bond donors (Lipinski definition) is 1. The molecule has 0 atom stereocenters. The van der Waals surface area contributed by atoms with Gasteiger partial charge in [-0.3, -0.25) is 0 Å². The van der Waals surface area contributed by atoms with Crippen LogP contribution in [0.2, 0.25) is 0 Å². The van der Waals surface area contributed by atoms with E-state index in [4.69, 9.17) is 19.8 Å². The fourth-order valence-corrected chi connectivity index (χ4v) is 0. The van der Waals surface area contributed by atoms with Crippen molar-refractivity contribution in [2.24, 2.45) is 0 Å². The molecular weight excluding hydrogens is 169 g/mol. The van der Waals surface area contributed by atoms with Crippen LogP contribution in [0.25, 0.3) is 0 Å². The molecule has 0 aromatic heterocycles. The van der Waals surface area contributed by atoms with Crippen molar-refractivity contribution < 1.29 is 105 Å². The summed E-state index contributed by atoms with van der Waals surface area (Å²) in [6, 6.07) is 0. The summed E-state index contributed by atoms with van der Waals surface area (Å²) in [6.07, 6.45) is 0. The summed E-state index contributed by atoms with van der Waals surface area (Å²) in [6.45, 7) is 0. The first-order valence-corrected chi connectivity index (χ1v) is 1.09. The van der Waals surface area contributed by atoms with Gasteiger partial charge in [0.05, 0.1) is 0 Å². The van der Waals surface area contributed by atoms with Crippen LogP contribution in [0, 0.1) is 0 Å². The minimum Gasteiger partial charge on any atom is -1.00 e. The predicted molar refractivity (Wildman–Crippen MR) is 12.6 cm³/mol. The molecule has 0 aliphatic heterocycles. The number of hydrogen-bond acceptors (Lipinski definition) is 3. The van der Waals surface area contributed by atoms with E-state index in [0.29, 0.717) is 0 Å². The monoisotopic (exact) mass is 170 g/mol. The first-order valence-electron chi connectivity index (χ1n) is 1.09. The molecule has 4 nitrogen and oxygen atoms in total. The van der Waals surface area contributed by atoms with Crippen molar-refractivity contribution in [1.29, 1.82) is 0 Å². The number of carboxylic acid groups (broad SMARTS) is 2. The van der Waals surface area contributed by atoms with Crippen LogP contribution in [0.15, 0.2) is 0 Å². The van der Waals surface area contributed by atoms with Crippen molar-refractivity contribution in [1.82, 2.24) is 0 Å². The summed E-state index contributed by atoms with van der Waals surface area (Å²) < 4.78 is 0. The third-order valence-corrected chi connectivity index (χ3v) is 0.175. The van der Waals surface area contributed by atoms with E-state index in [1.807, 2.05) is 0 Å². The molecule has 0 rings (SSSR count). The maximum absolute atomic E-state index is 9.04. The van der Waals surface area contributed by atoms with Crippen molar-refractivity contribution in [3.8, 4) is 0 Å². The molecule has 1 N–H and O–H groups in total. The fraction of sp³-hybridized carbons (Fsp3) is 0. The molecule has 0 spiro atoms. The summed E-state index contributed by atoms with van der Waals surface area (Å²) in [4.78, 5) is 18.0. The van der Waals surface area contributed by atoms with E-state index in [0.717, 1.165) is 0 Å². The van der Waals surface area contributed by atoms with Gasteiger partial charge in [-0.05, 0) is 0 Å². The van der Waals surface area contributed by atoms with E-state index >= 15 is 0 Å². The number of rotatable bonds is 0. The molecule has 0 aromatic carbocycles. The normalized spacial score (nSPS) is 4.89. The number of carbonyl (C=O) groups is 2. The summed E-state index contributed by atoms with van der Waals surface area (Å²) >= 11 is 0. The van der Waals surface area contributed by atoms with Crippen molar-refractivity contribution >= 4 is 11.9 Å². The van der Waals surface area contributed by atoms with E-state index in [1.165, 1.54) is 0 Å². The molecule has 0 aliphatic rings.